The summed E-state index contributed by atoms with van der Waals surface area (Å²) in [5.41, 5.74) is -9.70. The van der Waals surface area contributed by atoms with Gasteiger partial charge in [0, 0.05) is 38.4 Å². The summed E-state index contributed by atoms with van der Waals surface area (Å²) in [5.74, 6) is 0. The van der Waals surface area contributed by atoms with Gasteiger partial charge in [-0.2, -0.15) is 84.3 Å². The van der Waals surface area contributed by atoms with Crippen LogP contribution in [0.15, 0.2) is 176 Å². The van der Waals surface area contributed by atoms with Crippen LogP contribution in [0.2, 0.25) is 0 Å². The van der Waals surface area contributed by atoms with Gasteiger partial charge in [0.15, 0.2) is 0 Å². The van der Waals surface area contributed by atoms with Crippen molar-refractivity contribution in [2.75, 3.05) is 0 Å². The number of nitriles is 1. The largest absolute Gasteiger partial charge is 0.416 e. The highest BCUT2D eigenvalue weighted by atomic mass is 19.4. The Labute approximate surface area is 449 Å². The molecule has 0 saturated carbocycles. The first-order chi connectivity index (χ1) is 38.4. The molecule has 3 nitrogen and oxygen atoms in total. The molecule has 0 unspecified atom stereocenters. The second-order valence-electron chi connectivity index (χ2n) is 19.1. The molecule has 0 saturated heterocycles. The molecule has 414 valence electrons. The highest BCUT2D eigenvalue weighted by Gasteiger charge is 2.40. The van der Waals surface area contributed by atoms with E-state index in [0.29, 0.717) is 69.1 Å². The molecule has 0 spiro atoms. The van der Waals surface area contributed by atoms with Crippen molar-refractivity contribution in [3.8, 4) is 62.0 Å². The highest BCUT2D eigenvalue weighted by molar-refractivity contribution is 6.12. The van der Waals surface area contributed by atoms with E-state index in [0.717, 1.165) is 0 Å². The summed E-state index contributed by atoms with van der Waals surface area (Å²) in [6.45, 7) is 0. The van der Waals surface area contributed by atoms with E-state index in [1.807, 2.05) is 0 Å². The van der Waals surface area contributed by atoms with E-state index in [4.69, 9.17) is 0 Å². The third-order valence-corrected chi connectivity index (χ3v) is 14.0. The Morgan fingerprint density at radius 1 is 0.280 bits per heavy atom. The minimum atomic E-state index is -5.27. The van der Waals surface area contributed by atoms with E-state index in [-0.39, 0.29) is 73.9 Å². The topological polar surface area (TPSA) is 33.6 Å². The normalized spacial score (nSPS) is 13.0. The molecule has 0 N–H and O–H groups in total. The van der Waals surface area contributed by atoms with Crippen molar-refractivity contribution >= 4 is 43.6 Å². The maximum atomic E-state index is 14.4. The molecule has 0 amide bonds. The minimum absolute atomic E-state index is 0.00282. The summed E-state index contributed by atoms with van der Waals surface area (Å²) in [6, 6.07) is 34.5. The Kier molecular flexibility index (Phi) is 12.7. The van der Waals surface area contributed by atoms with Crippen molar-refractivity contribution in [2.24, 2.45) is 0 Å². The third kappa shape index (κ3) is 9.89. The zero-order chi connectivity index (χ0) is 58.8. The van der Waals surface area contributed by atoms with Crippen LogP contribution in [-0.4, -0.2) is 9.13 Å². The number of hydrogen-bond donors (Lipinski definition) is 0. The highest BCUT2D eigenvalue weighted by Crippen LogP contribution is 2.47. The zero-order valence-corrected chi connectivity index (χ0v) is 40.9. The van der Waals surface area contributed by atoms with E-state index < -0.39 is 87.1 Å². The molecule has 0 aliphatic rings. The molecular weight excluding hydrogens is 1120 g/mol. The Balaban J connectivity index is 1.17. The van der Waals surface area contributed by atoms with Gasteiger partial charge in [-0.25, -0.2) is 0 Å². The summed E-state index contributed by atoms with van der Waals surface area (Å²) in [7, 11) is 0. The molecule has 0 atom stereocenters. The molecule has 2 heterocycles. The molecule has 2 aromatic heterocycles. The van der Waals surface area contributed by atoms with E-state index in [1.54, 1.807) is 57.7 Å². The van der Waals surface area contributed by atoms with Gasteiger partial charge in [-0.1, -0.05) is 54.6 Å². The Morgan fingerprint density at radius 3 is 1.01 bits per heavy atom. The number of para-hydroxylation sites is 2. The van der Waals surface area contributed by atoms with Gasteiger partial charge in [0.2, 0.25) is 0 Å². The second-order valence-corrected chi connectivity index (χ2v) is 19.1. The lowest BCUT2D eigenvalue weighted by Crippen LogP contribution is -2.11. The molecule has 82 heavy (non-hydrogen) atoms. The fourth-order valence-electron chi connectivity index (χ4n) is 10.3. The van der Waals surface area contributed by atoms with Gasteiger partial charge < -0.3 is 9.13 Å². The van der Waals surface area contributed by atoms with Crippen molar-refractivity contribution in [2.45, 2.75) is 37.1 Å². The number of fused-ring (bicyclic) bond motifs is 6. The number of rotatable bonds is 6. The van der Waals surface area contributed by atoms with E-state index in [9.17, 15) is 84.3 Å². The van der Waals surface area contributed by atoms with Crippen molar-refractivity contribution in [3.63, 3.8) is 0 Å². The van der Waals surface area contributed by atoms with Gasteiger partial charge in [-0.05, 0) is 155 Å². The summed E-state index contributed by atoms with van der Waals surface area (Å²) < 4.78 is 258. The summed E-state index contributed by atoms with van der Waals surface area (Å²) >= 11 is 0. The molecule has 0 aliphatic heterocycles. The molecule has 21 heteroatoms. The maximum absolute atomic E-state index is 14.4. The smallest absolute Gasteiger partial charge is 0.309 e. The van der Waals surface area contributed by atoms with Crippen molar-refractivity contribution in [1.29, 1.82) is 5.26 Å². The second kappa shape index (κ2) is 19.0. The van der Waals surface area contributed by atoms with Crippen LogP contribution in [0.3, 0.4) is 0 Å². The molecule has 0 bridgehead atoms. The summed E-state index contributed by atoms with van der Waals surface area (Å²) in [4.78, 5) is 0. The molecule has 11 aromatic rings. The predicted molar refractivity (Wildman–Crippen MR) is 272 cm³/mol. The van der Waals surface area contributed by atoms with Crippen molar-refractivity contribution < 1.29 is 79.0 Å². The first-order valence-electron chi connectivity index (χ1n) is 24.0. The van der Waals surface area contributed by atoms with Gasteiger partial charge in [-0.15, -0.1) is 0 Å². The van der Waals surface area contributed by atoms with E-state index in [2.05, 4.69) is 6.07 Å². The molecular formula is C61H29F18N3. The van der Waals surface area contributed by atoms with Gasteiger partial charge in [0.25, 0.3) is 0 Å². The van der Waals surface area contributed by atoms with Crippen LogP contribution < -0.4 is 0 Å². The minimum Gasteiger partial charge on any atom is -0.309 e. The quantitative estimate of drug-likeness (QED) is 0.153. The SMILES string of the molecule is N#Cc1ccc(-n2c3ccccc3c3cc(-c4cc(C(F)(F)F)cc(C(F)(F)F)c4)ccc32)cc1-c1cc(-c2cc(C(F)(F)F)cc(C(F)(F)F)c2)ccc1-n1c2ccccc2c2cc(-c3cc(C(F)(F)F)cc(C(F)(F)F)c3)ccc21. The van der Waals surface area contributed by atoms with Gasteiger partial charge in [-0.3, -0.25) is 0 Å². The average Bonchev–Trinajstić information content (AvgIpc) is 2.29. The molecule has 0 aliphatic carbocycles. The van der Waals surface area contributed by atoms with Crippen LogP contribution in [0.5, 0.6) is 0 Å². The summed E-state index contributed by atoms with van der Waals surface area (Å²) in [5, 5.41) is 12.2. The van der Waals surface area contributed by atoms with Gasteiger partial charge >= 0.3 is 37.1 Å². The Bertz CT molecular complexity index is 4340. The van der Waals surface area contributed by atoms with Crippen molar-refractivity contribution in [1.82, 2.24) is 9.13 Å². The van der Waals surface area contributed by atoms with Gasteiger partial charge in [0.1, 0.15) is 0 Å². The first-order valence-corrected chi connectivity index (χ1v) is 24.0. The monoisotopic (exact) mass is 1150 g/mol. The number of alkyl halides is 18. The Hall–Kier alpha value is -9.19. The maximum Gasteiger partial charge on any atom is 0.416 e. The van der Waals surface area contributed by atoms with Crippen LogP contribution in [0.4, 0.5) is 79.0 Å². The van der Waals surface area contributed by atoms with Crippen LogP contribution in [0.1, 0.15) is 38.9 Å². The van der Waals surface area contributed by atoms with Crippen LogP contribution >= 0.6 is 0 Å². The lowest BCUT2D eigenvalue weighted by Gasteiger charge is -2.19. The molecule has 11 rings (SSSR count). The average molecular weight is 1150 g/mol. The number of hydrogen-bond acceptors (Lipinski definition) is 1. The van der Waals surface area contributed by atoms with Crippen LogP contribution in [0.25, 0.3) is 99.5 Å². The van der Waals surface area contributed by atoms with Crippen LogP contribution in [0, 0.1) is 11.3 Å². The molecule has 0 radical (unpaired) electrons. The fraction of sp³-hybridized carbons (Fsp3) is 0.0984. The standard InChI is InChI=1S/C61H29F18N3/c62-56(63,64)38-17-35(18-39(26-38)57(65,66)67)31-10-14-53-48(23-31)45-5-1-3-7-51(45)81(53)44-13-9-34(30-80)47(29-44)50-25-33(37-21-42(60(74,75)76)28-43(22-37)61(77,78)79)12-16-55(50)82-52-8-4-2-6-46(52)49-24-32(11-15-54(49)82)36-19-40(58(68,69)70)27-41(20-36)59(71,72)73/h1-29H. The third-order valence-electron chi connectivity index (χ3n) is 14.0. The van der Waals surface area contributed by atoms with Crippen molar-refractivity contribution in [3.05, 3.63) is 215 Å². The number of nitrogens with zero attached hydrogens (tertiary/aromatic N) is 3. The lowest BCUT2D eigenvalue weighted by molar-refractivity contribution is -0.144. The first kappa shape index (κ1) is 54.8. The predicted octanol–water partition coefficient (Wildman–Crippen LogP) is 20.5. The number of benzene rings is 9. The van der Waals surface area contributed by atoms with E-state index in [1.165, 1.54) is 72.8 Å². The fourth-order valence-corrected chi connectivity index (χ4v) is 10.3. The molecule has 0 fully saturated rings. The molecule has 9 aromatic carbocycles. The van der Waals surface area contributed by atoms with Gasteiger partial charge in [0.05, 0.1) is 72.8 Å². The Morgan fingerprint density at radius 2 is 0.622 bits per heavy atom. The lowest BCUT2D eigenvalue weighted by atomic mass is 9.92. The summed E-state index contributed by atoms with van der Waals surface area (Å²) in [6.07, 6.45) is -31.2. The van der Waals surface area contributed by atoms with E-state index >= 15 is 0 Å². The number of aromatic nitrogens is 2. The van der Waals surface area contributed by atoms with Crippen LogP contribution in [-0.2, 0) is 37.1 Å². The zero-order valence-electron chi connectivity index (χ0n) is 40.9. The number of halogens is 18.